The molecular weight excluding hydrogens is 322 g/mol. The third-order valence-corrected chi connectivity index (χ3v) is 3.94. The molecule has 5 nitrogen and oxygen atoms in total. The fraction of sp³-hybridized carbons (Fsp3) is 0.0667. The number of benzene rings is 2. The van der Waals surface area contributed by atoms with E-state index in [0.717, 1.165) is 10.2 Å². The van der Waals surface area contributed by atoms with Gasteiger partial charge >= 0.3 is 0 Å². The molecular formula is C15H12ClN3O2S. The molecule has 2 aromatic carbocycles. The standard InChI is InChI=1S/C15H12ClN3O2S/c16-10-6-7-12-13(8-10)22-15(17-12)19-18-14(20)9-21-11-4-2-1-3-5-11/h1-8H,9H2,(H,17,19)(H,18,20). The first-order valence-electron chi connectivity index (χ1n) is 6.49. The van der Waals surface area contributed by atoms with Gasteiger partial charge in [-0.2, -0.15) is 0 Å². The minimum Gasteiger partial charge on any atom is -0.484 e. The molecule has 0 aliphatic rings. The summed E-state index contributed by atoms with van der Waals surface area (Å²) < 4.78 is 6.29. The van der Waals surface area contributed by atoms with Gasteiger partial charge in [-0.1, -0.05) is 41.1 Å². The van der Waals surface area contributed by atoms with Crippen LogP contribution in [-0.2, 0) is 4.79 Å². The number of aromatic nitrogens is 1. The molecule has 0 spiro atoms. The summed E-state index contributed by atoms with van der Waals surface area (Å²) in [5.74, 6) is 0.355. The van der Waals surface area contributed by atoms with Gasteiger partial charge in [0.25, 0.3) is 5.91 Å². The number of hydrogen-bond acceptors (Lipinski definition) is 5. The highest BCUT2D eigenvalue weighted by Gasteiger charge is 2.06. The summed E-state index contributed by atoms with van der Waals surface area (Å²) in [4.78, 5) is 16.1. The van der Waals surface area contributed by atoms with Crippen molar-refractivity contribution in [2.75, 3.05) is 12.0 Å². The van der Waals surface area contributed by atoms with Gasteiger partial charge in [0.15, 0.2) is 6.61 Å². The predicted molar refractivity (Wildman–Crippen MR) is 88.3 cm³/mol. The van der Waals surface area contributed by atoms with Crippen molar-refractivity contribution in [2.24, 2.45) is 0 Å². The summed E-state index contributed by atoms with van der Waals surface area (Å²) >= 11 is 7.33. The highest BCUT2D eigenvalue weighted by atomic mass is 35.5. The number of halogens is 1. The fourth-order valence-electron chi connectivity index (χ4n) is 1.78. The lowest BCUT2D eigenvalue weighted by molar-refractivity contribution is -0.122. The molecule has 7 heteroatoms. The molecule has 2 N–H and O–H groups in total. The third kappa shape index (κ3) is 3.66. The van der Waals surface area contributed by atoms with Crippen LogP contribution in [0.2, 0.25) is 5.02 Å². The lowest BCUT2D eigenvalue weighted by Gasteiger charge is -2.07. The molecule has 0 radical (unpaired) electrons. The van der Waals surface area contributed by atoms with E-state index in [1.165, 1.54) is 11.3 Å². The second-order valence-corrected chi connectivity index (χ2v) is 5.87. The number of ether oxygens (including phenoxy) is 1. The van der Waals surface area contributed by atoms with Gasteiger partial charge in [0.2, 0.25) is 5.13 Å². The Hall–Kier alpha value is -2.31. The number of nitrogens with one attached hydrogen (secondary N) is 2. The van der Waals surface area contributed by atoms with Crippen molar-refractivity contribution in [3.63, 3.8) is 0 Å². The Labute approximate surface area is 135 Å². The maximum atomic E-state index is 11.7. The third-order valence-electron chi connectivity index (χ3n) is 2.77. The number of amides is 1. The van der Waals surface area contributed by atoms with Gasteiger partial charge in [-0.25, -0.2) is 4.98 Å². The zero-order valence-corrected chi connectivity index (χ0v) is 12.9. The van der Waals surface area contributed by atoms with Crippen LogP contribution < -0.4 is 15.6 Å². The van der Waals surface area contributed by atoms with E-state index in [1.807, 2.05) is 30.3 Å². The topological polar surface area (TPSA) is 63.2 Å². The van der Waals surface area contributed by atoms with Gasteiger partial charge in [-0.05, 0) is 30.3 Å². The molecule has 3 aromatic rings. The minimum atomic E-state index is -0.291. The van der Waals surface area contributed by atoms with Crippen molar-refractivity contribution < 1.29 is 9.53 Å². The summed E-state index contributed by atoms with van der Waals surface area (Å²) in [5.41, 5.74) is 6.15. The van der Waals surface area contributed by atoms with E-state index < -0.39 is 0 Å². The van der Waals surface area contributed by atoms with Crippen LogP contribution in [0.1, 0.15) is 0 Å². The van der Waals surface area contributed by atoms with Gasteiger partial charge in [0.1, 0.15) is 5.75 Å². The van der Waals surface area contributed by atoms with E-state index in [9.17, 15) is 4.79 Å². The highest BCUT2D eigenvalue weighted by molar-refractivity contribution is 7.22. The maximum absolute atomic E-state index is 11.7. The quantitative estimate of drug-likeness (QED) is 0.702. The molecule has 0 atom stereocenters. The van der Waals surface area contributed by atoms with Crippen LogP contribution in [0.25, 0.3) is 10.2 Å². The number of fused-ring (bicyclic) bond motifs is 1. The van der Waals surface area contributed by atoms with E-state index >= 15 is 0 Å². The van der Waals surface area contributed by atoms with Crippen molar-refractivity contribution in [2.45, 2.75) is 0 Å². The number of carbonyl (C=O) groups excluding carboxylic acids is 1. The molecule has 1 aromatic heterocycles. The van der Waals surface area contributed by atoms with Gasteiger partial charge in [-0.3, -0.25) is 15.6 Å². The molecule has 0 aliphatic heterocycles. The normalized spacial score (nSPS) is 10.4. The molecule has 1 amide bonds. The number of thiazole rings is 1. The number of nitrogens with zero attached hydrogens (tertiary/aromatic N) is 1. The lowest BCUT2D eigenvalue weighted by Crippen LogP contribution is -2.33. The molecule has 1 heterocycles. The van der Waals surface area contributed by atoms with Gasteiger partial charge in [-0.15, -0.1) is 0 Å². The molecule has 112 valence electrons. The monoisotopic (exact) mass is 333 g/mol. The van der Waals surface area contributed by atoms with E-state index in [-0.39, 0.29) is 12.5 Å². The van der Waals surface area contributed by atoms with Crippen molar-refractivity contribution in [3.8, 4) is 5.75 Å². The van der Waals surface area contributed by atoms with Crippen molar-refractivity contribution in [3.05, 3.63) is 53.6 Å². The number of anilines is 1. The smallest absolute Gasteiger partial charge is 0.276 e. The van der Waals surface area contributed by atoms with Crippen molar-refractivity contribution in [1.29, 1.82) is 0 Å². The first-order chi connectivity index (χ1) is 10.7. The molecule has 0 aliphatic carbocycles. The zero-order chi connectivity index (χ0) is 15.4. The Kier molecular flexibility index (Phi) is 4.41. The molecule has 22 heavy (non-hydrogen) atoms. The molecule has 0 saturated carbocycles. The number of hydrazine groups is 1. The SMILES string of the molecule is O=C(COc1ccccc1)NNc1nc2ccc(Cl)cc2s1. The molecule has 0 saturated heterocycles. The molecule has 0 bridgehead atoms. The van der Waals surface area contributed by atoms with E-state index in [4.69, 9.17) is 16.3 Å². The van der Waals surface area contributed by atoms with Crippen LogP contribution >= 0.6 is 22.9 Å². The Morgan fingerprint density at radius 3 is 2.86 bits per heavy atom. The van der Waals surface area contributed by atoms with Crippen LogP contribution in [0.5, 0.6) is 5.75 Å². The van der Waals surface area contributed by atoms with Crippen molar-refractivity contribution >= 4 is 44.2 Å². The van der Waals surface area contributed by atoms with Gasteiger partial charge in [0, 0.05) is 5.02 Å². The van der Waals surface area contributed by atoms with Crippen LogP contribution in [0.4, 0.5) is 5.13 Å². The number of para-hydroxylation sites is 1. The average molecular weight is 334 g/mol. The lowest BCUT2D eigenvalue weighted by atomic mass is 10.3. The van der Waals surface area contributed by atoms with Gasteiger partial charge < -0.3 is 4.74 Å². The van der Waals surface area contributed by atoms with E-state index in [1.54, 1.807) is 18.2 Å². The zero-order valence-electron chi connectivity index (χ0n) is 11.4. The molecule has 0 fully saturated rings. The van der Waals surface area contributed by atoms with Crippen LogP contribution in [-0.4, -0.2) is 17.5 Å². The average Bonchev–Trinajstić information content (AvgIpc) is 2.94. The van der Waals surface area contributed by atoms with E-state index in [0.29, 0.717) is 15.9 Å². The molecule has 0 unspecified atom stereocenters. The summed E-state index contributed by atoms with van der Waals surface area (Å²) in [5, 5.41) is 1.24. The first-order valence-corrected chi connectivity index (χ1v) is 7.69. The minimum absolute atomic E-state index is 0.0757. The summed E-state index contributed by atoms with van der Waals surface area (Å²) in [7, 11) is 0. The summed E-state index contributed by atoms with van der Waals surface area (Å²) in [6.45, 7) is -0.0757. The molecule has 3 rings (SSSR count). The highest BCUT2D eigenvalue weighted by Crippen LogP contribution is 2.27. The Morgan fingerprint density at radius 1 is 1.23 bits per heavy atom. The Bertz CT molecular complexity index is 792. The maximum Gasteiger partial charge on any atom is 0.276 e. The summed E-state index contributed by atoms with van der Waals surface area (Å²) in [6.07, 6.45) is 0. The number of hydrogen-bond donors (Lipinski definition) is 2. The van der Waals surface area contributed by atoms with Crippen LogP contribution in [0, 0.1) is 0 Å². The number of rotatable bonds is 5. The predicted octanol–water partition coefficient (Wildman–Crippen LogP) is 3.47. The summed E-state index contributed by atoms with van der Waals surface area (Å²) in [6, 6.07) is 14.6. The fourth-order valence-corrected chi connectivity index (χ4v) is 2.87. The number of carbonyl (C=O) groups is 1. The Morgan fingerprint density at radius 2 is 2.05 bits per heavy atom. The van der Waals surface area contributed by atoms with Crippen molar-refractivity contribution in [1.82, 2.24) is 10.4 Å². The van der Waals surface area contributed by atoms with Gasteiger partial charge in [0.05, 0.1) is 10.2 Å². The van der Waals surface area contributed by atoms with Crippen LogP contribution in [0.15, 0.2) is 48.5 Å². The van der Waals surface area contributed by atoms with E-state index in [2.05, 4.69) is 15.8 Å². The second-order valence-electron chi connectivity index (χ2n) is 4.41. The second kappa shape index (κ2) is 6.64. The Balaban J connectivity index is 1.53. The van der Waals surface area contributed by atoms with Crippen LogP contribution in [0.3, 0.4) is 0 Å². The first kappa shape index (κ1) is 14.6. The largest absolute Gasteiger partial charge is 0.484 e.